The average Bonchev–Trinajstić information content (AvgIpc) is 2.79. The van der Waals surface area contributed by atoms with Crippen LogP contribution >= 0.6 is 11.3 Å². The molecule has 17 heavy (non-hydrogen) atoms. The summed E-state index contributed by atoms with van der Waals surface area (Å²) in [5.74, 6) is 0. The van der Waals surface area contributed by atoms with Gasteiger partial charge in [-0.2, -0.15) is 0 Å². The van der Waals surface area contributed by atoms with E-state index in [0.29, 0.717) is 6.61 Å². The number of rotatable bonds is 5. The molecule has 2 aromatic rings. The van der Waals surface area contributed by atoms with Gasteiger partial charge in [0.1, 0.15) is 5.01 Å². The first-order valence-electron chi connectivity index (χ1n) is 5.51. The zero-order valence-corrected chi connectivity index (χ0v) is 10.9. The number of nitrogens with zero attached hydrogens (tertiary/aromatic N) is 1. The molecule has 0 saturated heterocycles. The SMILES string of the molecule is CNCc1cnc(-c2ccccc2COC)s1. The molecule has 4 heteroatoms. The Labute approximate surface area is 105 Å². The number of nitrogens with one attached hydrogen (secondary N) is 1. The first-order valence-corrected chi connectivity index (χ1v) is 6.33. The van der Waals surface area contributed by atoms with Gasteiger partial charge in [-0.05, 0) is 12.6 Å². The average molecular weight is 248 g/mol. The normalized spacial score (nSPS) is 10.7. The minimum absolute atomic E-state index is 0.622. The molecule has 0 bridgehead atoms. The summed E-state index contributed by atoms with van der Waals surface area (Å²) in [4.78, 5) is 5.72. The van der Waals surface area contributed by atoms with Gasteiger partial charge in [-0.3, -0.25) is 0 Å². The standard InChI is InChI=1S/C13H16N2OS/c1-14-7-11-8-15-13(17-11)12-6-4-3-5-10(12)9-16-2/h3-6,8,14H,7,9H2,1-2H3. The van der Waals surface area contributed by atoms with E-state index < -0.39 is 0 Å². The number of ether oxygens (including phenoxy) is 1. The Kier molecular flexibility index (Phi) is 4.25. The summed E-state index contributed by atoms with van der Waals surface area (Å²) < 4.78 is 5.21. The zero-order chi connectivity index (χ0) is 12.1. The van der Waals surface area contributed by atoms with Gasteiger partial charge in [0.25, 0.3) is 0 Å². The zero-order valence-electron chi connectivity index (χ0n) is 10.1. The van der Waals surface area contributed by atoms with E-state index in [1.807, 2.05) is 25.4 Å². The Bertz CT molecular complexity index is 482. The van der Waals surface area contributed by atoms with Crippen LogP contribution in [-0.2, 0) is 17.9 Å². The van der Waals surface area contributed by atoms with Crippen LogP contribution in [-0.4, -0.2) is 19.1 Å². The van der Waals surface area contributed by atoms with E-state index in [4.69, 9.17) is 4.74 Å². The van der Waals surface area contributed by atoms with Crippen molar-refractivity contribution < 1.29 is 4.74 Å². The van der Waals surface area contributed by atoms with Crippen molar-refractivity contribution in [2.24, 2.45) is 0 Å². The van der Waals surface area contributed by atoms with Crippen molar-refractivity contribution in [3.63, 3.8) is 0 Å². The van der Waals surface area contributed by atoms with Crippen LogP contribution in [0.25, 0.3) is 10.6 Å². The minimum atomic E-state index is 0.622. The van der Waals surface area contributed by atoms with Gasteiger partial charge < -0.3 is 10.1 Å². The molecular formula is C13H16N2OS. The third-order valence-electron chi connectivity index (χ3n) is 2.45. The maximum atomic E-state index is 5.21. The molecule has 0 amide bonds. The van der Waals surface area contributed by atoms with Crippen molar-refractivity contribution in [2.45, 2.75) is 13.2 Å². The molecule has 0 spiro atoms. The van der Waals surface area contributed by atoms with Crippen molar-refractivity contribution >= 4 is 11.3 Å². The lowest BCUT2D eigenvalue weighted by Crippen LogP contribution is -2.02. The molecular weight excluding hydrogens is 232 g/mol. The highest BCUT2D eigenvalue weighted by atomic mass is 32.1. The fraction of sp³-hybridized carbons (Fsp3) is 0.308. The molecule has 0 saturated carbocycles. The third kappa shape index (κ3) is 2.91. The molecule has 1 N–H and O–H groups in total. The number of aromatic nitrogens is 1. The van der Waals surface area contributed by atoms with Crippen molar-refractivity contribution in [1.29, 1.82) is 0 Å². The smallest absolute Gasteiger partial charge is 0.123 e. The van der Waals surface area contributed by atoms with E-state index in [0.717, 1.165) is 11.6 Å². The van der Waals surface area contributed by atoms with Crippen molar-refractivity contribution in [3.05, 3.63) is 40.9 Å². The lowest BCUT2D eigenvalue weighted by Gasteiger charge is -2.05. The fourth-order valence-corrected chi connectivity index (χ4v) is 2.68. The molecule has 1 aromatic carbocycles. The molecule has 0 aliphatic heterocycles. The van der Waals surface area contributed by atoms with Gasteiger partial charge in [-0.15, -0.1) is 11.3 Å². The van der Waals surface area contributed by atoms with Crippen LogP contribution in [0.15, 0.2) is 30.5 Å². The van der Waals surface area contributed by atoms with Crippen LogP contribution in [0.5, 0.6) is 0 Å². The Hall–Kier alpha value is -1.23. The molecule has 0 aliphatic carbocycles. The van der Waals surface area contributed by atoms with E-state index >= 15 is 0 Å². The third-order valence-corrected chi connectivity index (χ3v) is 3.48. The van der Waals surface area contributed by atoms with Gasteiger partial charge in [0, 0.05) is 30.3 Å². The molecule has 0 atom stereocenters. The lowest BCUT2D eigenvalue weighted by atomic mass is 10.1. The highest BCUT2D eigenvalue weighted by molar-refractivity contribution is 7.15. The number of hydrogen-bond acceptors (Lipinski definition) is 4. The Balaban J connectivity index is 2.31. The Morgan fingerprint density at radius 2 is 2.18 bits per heavy atom. The van der Waals surface area contributed by atoms with Gasteiger partial charge in [-0.1, -0.05) is 24.3 Å². The summed E-state index contributed by atoms with van der Waals surface area (Å²) >= 11 is 1.72. The van der Waals surface area contributed by atoms with Crippen LogP contribution in [0.1, 0.15) is 10.4 Å². The Morgan fingerprint density at radius 1 is 1.35 bits per heavy atom. The van der Waals surface area contributed by atoms with Crippen LogP contribution < -0.4 is 5.32 Å². The molecule has 1 aromatic heterocycles. The summed E-state index contributed by atoms with van der Waals surface area (Å²) in [5, 5.41) is 4.19. The second-order valence-electron chi connectivity index (χ2n) is 3.75. The van der Waals surface area contributed by atoms with Crippen molar-refractivity contribution in [3.8, 4) is 10.6 Å². The van der Waals surface area contributed by atoms with E-state index in [-0.39, 0.29) is 0 Å². The highest BCUT2D eigenvalue weighted by Gasteiger charge is 2.08. The quantitative estimate of drug-likeness (QED) is 0.883. The van der Waals surface area contributed by atoms with E-state index in [2.05, 4.69) is 22.4 Å². The first kappa shape index (κ1) is 12.2. The predicted molar refractivity (Wildman–Crippen MR) is 71.0 cm³/mol. The molecule has 0 aliphatic rings. The second kappa shape index (κ2) is 5.91. The number of hydrogen-bond donors (Lipinski definition) is 1. The van der Waals surface area contributed by atoms with Gasteiger partial charge >= 0.3 is 0 Å². The lowest BCUT2D eigenvalue weighted by molar-refractivity contribution is 0.185. The summed E-state index contributed by atoms with van der Waals surface area (Å²) in [6.45, 7) is 1.49. The largest absolute Gasteiger partial charge is 0.380 e. The molecule has 0 unspecified atom stereocenters. The summed E-state index contributed by atoms with van der Waals surface area (Å²) in [6.07, 6.45) is 1.93. The fourth-order valence-electron chi connectivity index (χ4n) is 1.70. The molecule has 0 fully saturated rings. The predicted octanol–water partition coefficient (Wildman–Crippen LogP) is 2.68. The molecule has 3 nitrogen and oxygen atoms in total. The Morgan fingerprint density at radius 3 is 2.94 bits per heavy atom. The van der Waals surface area contributed by atoms with Gasteiger partial charge in [0.2, 0.25) is 0 Å². The number of benzene rings is 1. The minimum Gasteiger partial charge on any atom is -0.380 e. The van der Waals surface area contributed by atoms with E-state index in [1.165, 1.54) is 16.0 Å². The maximum absolute atomic E-state index is 5.21. The van der Waals surface area contributed by atoms with E-state index in [9.17, 15) is 0 Å². The highest BCUT2D eigenvalue weighted by Crippen LogP contribution is 2.28. The van der Waals surface area contributed by atoms with E-state index in [1.54, 1.807) is 18.4 Å². The van der Waals surface area contributed by atoms with Gasteiger partial charge in [-0.25, -0.2) is 4.98 Å². The summed E-state index contributed by atoms with van der Waals surface area (Å²) in [6, 6.07) is 8.24. The van der Waals surface area contributed by atoms with Gasteiger partial charge in [0.05, 0.1) is 6.61 Å². The number of methoxy groups -OCH3 is 1. The van der Waals surface area contributed by atoms with Crippen LogP contribution in [0.2, 0.25) is 0 Å². The van der Waals surface area contributed by atoms with Crippen molar-refractivity contribution in [2.75, 3.05) is 14.2 Å². The van der Waals surface area contributed by atoms with Crippen LogP contribution in [0.3, 0.4) is 0 Å². The number of thiazole rings is 1. The maximum Gasteiger partial charge on any atom is 0.123 e. The molecule has 1 heterocycles. The summed E-state index contributed by atoms with van der Waals surface area (Å²) in [5.41, 5.74) is 2.35. The first-order chi connectivity index (χ1) is 8.35. The molecule has 2 rings (SSSR count). The van der Waals surface area contributed by atoms with Crippen LogP contribution in [0, 0.1) is 0 Å². The molecule has 90 valence electrons. The van der Waals surface area contributed by atoms with Crippen LogP contribution in [0.4, 0.5) is 0 Å². The molecule has 0 radical (unpaired) electrons. The monoisotopic (exact) mass is 248 g/mol. The van der Waals surface area contributed by atoms with Gasteiger partial charge in [0.15, 0.2) is 0 Å². The topological polar surface area (TPSA) is 34.2 Å². The second-order valence-corrected chi connectivity index (χ2v) is 4.87. The summed E-state index contributed by atoms with van der Waals surface area (Å²) in [7, 11) is 3.66. The van der Waals surface area contributed by atoms with Crippen molar-refractivity contribution in [1.82, 2.24) is 10.3 Å².